The minimum atomic E-state index is -1.81. The van der Waals surface area contributed by atoms with Crippen LogP contribution < -0.4 is 9.47 Å². The van der Waals surface area contributed by atoms with Crippen molar-refractivity contribution in [1.82, 2.24) is 0 Å². The molecule has 13 heteroatoms. The third kappa shape index (κ3) is 6.56. The third-order valence-corrected chi connectivity index (χ3v) is 6.21. The monoisotopic (exact) mass is 572 g/mol. The van der Waals surface area contributed by atoms with Gasteiger partial charge in [-0.25, -0.2) is 4.79 Å². The Morgan fingerprint density at radius 1 is 0.878 bits per heavy atom. The average Bonchev–Trinajstić information content (AvgIpc) is 2.93. The fourth-order valence-corrected chi connectivity index (χ4v) is 4.10. The topological polar surface area (TPSA) is 216 Å². The van der Waals surface area contributed by atoms with Crippen molar-refractivity contribution in [3.05, 3.63) is 65.2 Å². The number of carbonyl (C=O) groups excluding carboxylic acids is 1. The Balaban J connectivity index is 1.58. The number of benzene rings is 3. The Kier molecular flexibility index (Phi) is 8.74. The predicted octanol–water partition coefficient (Wildman–Crippen LogP) is 1.44. The molecule has 3 aromatic carbocycles. The molecule has 1 aliphatic rings. The van der Waals surface area contributed by atoms with Crippen LogP contribution in [0.3, 0.4) is 0 Å². The van der Waals surface area contributed by atoms with Gasteiger partial charge in [-0.1, -0.05) is 18.2 Å². The van der Waals surface area contributed by atoms with Gasteiger partial charge in [0.25, 0.3) is 0 Å². The van der Waals surface area contributed by atoms with E-state index < -0.39 is 66.1 Å². The number of hydrogen-bond acceptors (Lipinski definition) is 13. The van der Waals surface area contributed by atoms with Crippen molar-refractivity contribution in [3.63, 3.8) is 0 Å². The van der Waals surface area contributed by atoms with Gasteiger partial charge in [0.2, 0.25) is 6.29 Å². The number of hydrogen-bond donors (Lipinski definition) is 8. The first-order valence-electron chi connectivity index (χ1n) is 12.1. The van der Waals surface area contributed by atoms with Crippen LogP contribution in [-0.2, 0) is 9.47 Å². The second kappa shape index (κ2) is 12.2. The zero-order chi connectivity index (χ0) is 29.8. The molecular formula is C28H28O13. The molecule has 41 heavy (non-hydrogen) atoms. The number of ether oxygens (including phenoxy) is 4. The van der Waals surface area contributed by atoms with Gasteiger partial charge in [-0.15, -0.1) is 0 Å². The van der Waals surface area contributed by atoms with Crippen molar-refractivity contribution in [3.8, 4) is 40.2 Å². The summed E-state index contributed by atoms with van der Waals surface area (Å²) in [7, 11) is 1.42. The molecule has 0 saturated carbocycles. The van der Waals surface area contributed by atoms with Crippen LogP contribution in [0.2, 0.25) is 0 Å². The molecule has 0 unspecified atom stereocenters. The number of esters is 1. The highest BCUT2D eigenvalue weighted by Gasteiger charge is 2.48. The molecule has 0 bridgehead atoms. The summed E-state index contributed by atoms with van der Waals surface area (Å²) in [6.45, 7) is -0.721. The molecule has 5 atom stereocenters. The lowest BCUT2D eigenvalue weighted by Gasteiger charge is -2.41. The van der Waals surface area contributed by atoms with E-state index in [0.29, 0.717) is 16.9 Å². The van der Waals surface area contributed by atoms with E-state index in [-0.39, 0.29) is 17.2 Å². The maximum Gasteiger partial charge on any atom is 0.339 e. The summed E-state index contributed by atoms with van der Waals surface area (Å²) >= 11 is 0. The Hall–Kier alpha value is -4.69. The summed E-state index contributed by atoms with van der Waals surface area (Å²) in [6.07, 6.45) is -4.88. The number of phenols is 5. The van der Waals surface area contributed by atoms with Gasteiger partial charge >= 0.3 is 5.97 Å². The zero-order valence-corrected chi connectivity index (χ0v) is 21.5. The molecule has 218 valence electrons. The van der Waals surface area contributed by atoms with Gasteiger partial charge < -0.3 is 59.8 Å². The smallest absolute Gasteiger partial charge is 0.339 e. The Bertz CT molecular complexity index is 1410. The molecule has 0 aromatic heterocycles. The van der Waals surface area contributed by atoms with Crippen LogP contribution in [0.5, 0.6) is 40.2 Å². The normalized spacial score (nSPS) is 22.4. The van der Waals surface area contributed by atoms with Gasteiger partial charge in [-0.2, -0.15) is 0 Å². The lowest BCUT2D eigenvalue weighted by Crippen LogP contribution is -2.61. The quantitative estimate of drug-likeness (QED) is 0.109. The molecular weight excluding hydrogens is 544 g/mol. The molecule has 1 heterocycles. The minimum absolute atomic E-state index is 0.00604. The van der Waals surface area contributed by atoms with Crippen molar-refractivity contribution in [2.24, 2.45) is 0 Å². The molecule has 0 radical (unpaired) electrons. The maximum atomic E-state index is 12.8. The Labute approximate surface area is 232 Å². The summed E-state index contributed by atoms with van der Waals surface area (Å²) in [5.74, 6) is -3.67. The van der Waals surface area contributed by atoms with Crippen molar-refractivity contribution in [2.75, 3.05) is 13.7 Å². The van der Waals surface area contributed by atoms with Crippen LogP contribution in [0, 0.1) is 0 Å². The molecule has 8 N–H and O–H groups in total. The van der Waals surface area contributed by atoms with Gasteiger partial charge in [-0.05, 0) is 47.5 Å². The number of aliphatic hydroxyl groups excluding tert-OH is 3. The van der Waals surface area contributed by atoms with E-state index in [0.717, 1.165) is 12.1 Å². The molecule has 3 aromatic rings. The largest absolute Gasteiger partial charge is 0.508 e. The van der Waals surface area contributed by atoms with Gasteiger partial charge in [0.05, 0.1) is 19.3 Å². The molecule has 0 spiro atoms. The SMILES string of the molecule is COc1ccc(/C=C\c2cc(O)cc(O[C@@H]3O[C@@H](CO)[C@@H](O)[C@H](O)[C@H]3OC(=O)c3cc(O)c(O)c(O)c3)c2)cc1O. The highest BCUT2D eigenvalue weighted by atomic mass is 16.7. The number of phenolic OH excluding ortho intramolecular Hbond substituents is 5. The lowest BCUT2D eigenvalue weighted by atomic mass is 9.99. The van der Waals surface area contributed by atoms with E-state index in [4.69, 9.17) is 18.9 Å². The number of carbonyl (C=O) groups is 1. The first kappa shape index (κ1) is 29.3. The molecule has 1 fully saturated rings. The van der Waals surface area contributed by atoms with Crippen LogP contribution in [0.4, 0.5) is 0 Å². The number of rotatable bonds is 8. The van der Waals surface area contributed by atoms with Gasteiger partial charge in [0.1, 0.15) is 29.8 Å². The van der Waals surface area contributed by atoms with E-state index in [1.165, 1.54) is 31.4 Å². The predicted molar refractivity (Wildman–Crippen MR) is 141 cm³/mol. The standard InChI is InChI=1S/C28H28O13/c1-38-21-5-4-13(8-18(21)31)2-3-14-6-16(30)11-17(7-14)39-28-26(25(36)24(35)22(12-29)40-28)41-27(37)15-9-19(32)23(34)20(33)10-15/h2-11,22,24-26,28-36H,12H2,1H3/b3-2-/t22-,24+,25-,26+,28+/m0/s1. The van der Waals surface area contributed by atoms with Gasteiger partial charge in [-0.3, -0.25) is 0 Å². The Morgan fingerprint density at radius 3 is 2.20 bits per heavy atom. The molecule has 0 aliphatic carbocycles. The van der Waals surface area contributed by atoms with Crippen LogP contribution in [0.15, 0.2) is 48.5 Å². The van der Waals surface area contributed by atoms with Crippen molar-refractivity contribution >= 4 is 18.1 Å². The van der Waals surface area contributed by atoms with Crippen molar-refractivity contribution in [2.45, 2.75) is 30.7 Å². The summed E-state index contributed by atoms with van der Waals surface area (Å²) in [5.41, 5.74) is 0.650. The van der Waals surface area contributed by atoms with Crippen molar-refractivity contribution in [1.29, 1.82) is 0 Å². The van der Waals surface area contributed by atoms with Crippen LogP contribution in [0.25, 0.3) is 12.2 Å². The maximum absolute atomic E-state index is 12.8. The van der Waals surface area contributed by atoms with E-state index in [2.05, 4.69) is 0 Å². The first-order chi connectivity index (χ1) is 19.5. The van der Waals surface area contributed by atoms with Crippen LogP contribution in [0.1, 0.15) is 21.5 Å². The molecule has 1 saturated heterocycles. The number of aliphatic hydroxyl groups is 3. The molecule has 13 nitrogen and oxygen atoms in total. The van der Waals surface area contributed by atoms with Crippen LogP contribution in [-0.4, -0.2) is 91.2 Å². The van der Waals surface area contributed by atoms with Gasteiger partial charge in [0, 0.05) is 6.07 Å². The second-order valence-corrected chi connectivity index (χ2v) is 9.08. The summed E-state index contributed by atoms with van der Waals surface area (Å²) in [5, 5.41) is 79.8. The highest BCUT2D eigenvalue weighted by molar-refractivity contribution is 5.91. The third-order valence-electron chi connectivity index (χ3n) is 6.21. The Morgan fingerprint density at radius 2 is 1.56 bits per heavy atom. The van der Waals surface area contributed by atoms with E-state index >= 15 is 0 Å². The van der Waals surface area contributed by atoms with E-state index in [1.54, 1.807) is 24.3 Å². The van der Waals surface area contributed by atoms with Crippen molar-refractivity contribution < 1.29 is 64.6 Å². The lowest BCUT2D eigenvalue weighted by molar-refractivity contribution is -0.276. The minimum Gasteiger partial charge on any atom is -0.508 e. The average molecular weight is 573 g/mol. The highest BCUT2D eigenvalue weighted by Crippen LogP contribution is 2.36. The fourth-order valence-electron chi connectivity index (χ4n) is 4.10. The van der Waals surface area contributed by atoms with Gasteiger partial charge in [0.15, 0.2) is 34.9 Å². The van der Waals surface area contributed by atoms with E-state index in [9.17, 15) is 45.6 Å². The summed E-state index contributed by atoms with van der Waals surface area (Å²) < 4.78 is 21.6. The second-order valence-electron chi connectivity index (χ2n) is 9.08. The first-order valence-corrected chi connectivity index (χ1v) is 12.1. The van der Waals surface area contributed by atoms with E-state index in [1.807, 2.05) is 0 Å². The molecule has 1 aliphatic heterocycles. The molecule has 4 rings (SSSR count). The number of aromatic hydroxyl groups is 5. The fraction of sp³-hybridized carbons (Fsp3) is 0.250. The summed E-state index contributed by atoms with van der Waals surface area (Å²) in [4.78, 5) is 12.8. The van der Waals surface area contributed by atoms with Crippen LogP contribution >= 0.6 is 0 Å². The zero-order valence-electron chi connectivity index (χ0n) is 21.5. The summed E-state index contributed by atoms with van der Waals surface area (Å²) in [6, 6.07) is 10.5. The number of methoxy groups -OCH3 is 1. The molecule has 0 amide bonds.